The molecule has 3 heteroatoms. The highest BCUT2D eigenvalue weighted by Gasteiger charge is 2.53. The summed E-state index contributed by atoms with van der Waals surface area (Å²) in [6, 6.07) is 7.72. The second kappa shape index (κ2) is 4.84. The maximum atomic E-state index is 10.7. The molecule has 1 aliphatic rings. The minimum absolute atomic E-state index is 0.110. The number of hydrogen-bond donors (Lipinski definition) is 2. The van der Waals surface area contributed by atoms with Crippen LogP contribution in [0.15, 0.2) is 24.3 Å². The fourth-order valence-corrected chi connectivity index (χ4v) is 3.19. The first-order valence-electron chi connectivity index (χ1n) is 6.47. The van der Waals surface area contributed by atoms with Crippen LogP contribution in [0.5, 0.6) is 0 Å². The third-order valence-electron chi connectivity index (χ3n) is 4.60. The van der Waals surface area contributed by atoms with Crippen LogP contribution in [0.25, 0.3) is 0 Å². The number of halogens is 1. The van der Waals surface area contributed by atoms with Gasteiger partial charge in [0.05, 0.1) is 12.2 Å². The van der Waals surface area contributed by atoms with Crippen LogP contribution in [0, 0.1) is 11.3 Å². The Kier molecular flexibility index (Phi) is 3.72. The normalized spacial score (nSPS) is 30.6. The molecule has 1 aromatic carbocycles. The number of benzene rings is 1. The van der Waals surface area contributed by atoms with Crippen LogP contribution in [-0.2, 0) is 6.42 Å². The summed E-state index contributed by atoms with van der Waals surface area (Å²) in [6.45, 7) is 3.90. The molecule has 1 saturated carbocycles. The van der Waals surface area contributed by atoms with Gasteiger partial charge in [-0.15, -0.1) is 0 Å². The molecule has 18 heavy (non-hydrogen) atoms. The monoisotopic (exact) mass is 268 g/mol. The molecular weight excluding hydrogens is 248 g/mol. The standard InChI is InChI=1S/C15H21ClO2/c1-14(2)8-7-12(15(14,18)10-17)9-11-3-5-13(16)6-4-11/h3-6,12,17-18H,7-10H2,1-2H3/t12-,15+/m0/s1. The topological polar surface area (TPSA) is 40.5 Å². The Morgan fingerprint density at radius 3 is 2.44 bits per heavy atom. The van der Waals surface area contributed by atoms with Gasteiger partial charge in [0, 0.05) is 5.02 Å². The lowest BCUT2D eigenvalue weighted by molar-refractivity contribution is -0.110. The Morgan fingerprint density at radius 2 is 1.89 bits per heavy atom. The van der Waals surface area contributed by atoms with Crippen molar-refractivity contribution in [2.75, 3.05) is 6.61 Å². The molecule has 1 aromatic rings. The molecule has 0 aliphatic heterocycles. The lowest BCUT2D eigenvalue weighted by atomic mass is 9.73. The molecule has 2 rings (SSSR count). The average Bonchev–Trinajstić information content (AvgIpc) is 2.56. The summed E-state index contributed by atoms with van der Waals surface area (Å²) in [5, 5.41) is 21.0. The molecule has 2 N–H and O–H groups in total. The van der Waals surface area contributed by atoms with Gasteiger partial charge in [-0.25, -0.2) is 0 Å². The lowest BCUT2D eigenvalue weighted by Gasteiger charge is -2.39. The van der Waals surface area contributed by atoms with Crippen LogP contribution in [-0.4, -0.2) is 22.4 Å². The summed E-state index contributed by atoms with van der Waals surface area (Å²) >= 11 is 5.87. The highest BCUT2D eigenvalue weighted by Crippen LogP contribution is 2.50. The maximum absolute atomic E-state index is 10.7. The fraction of sp³-hybridized carbons (Fsp3) is 0.600. The highest BCUT2D eigenvalue weighted by atomic mass is 35.5. The van der Waals surface area contributed by atoms with Crippen molar-refractivity contribution in [1.29, 1.82) is 0 Å². The molecule has 1 fully saturated rings. The molecule has 0 heterocycles. The van der Waals surface area contributed by atoms with Crippen molar-refractivity contribution in [3.63, 3.8) is 0 Å². The molecule has 2 atom stereocenters. The summed E-state index contributed by atoms with van der Waals surface area (Å²) in [5.74, 6) is 0.110. The molecular formula is C15H21ClO2. The van der Waals surface area contributed by atoms with Crippen molar-refractivity contribution < 1.29 is 10.2 Å². The first kappa shape index (κ1) is 13.9. The van der Waals surface area contributed by atoms with E-state index in [1.54, 1.807) is 0 Å². The first-order chi connectivity index (χ1) is 8.39. The molecule has 0 amide bonds. The van der Waals surface area contributed by atoms with E-state index in [0.717, 1.165) is 29.8 Å². The van der Waals surface area contributed by atoms with E-state index < -0.39 is 5.60 Å². The van der Waals surface area contributed by atoms with Crippen LogP contribution in [0.3, 0.4) is 0 Å². The Balaban J connectivity index is 2.17. The van der Waals surface area contributed by atoms with Crippen LogP contribution in [0.1, 0.15) is 32.3 Å². The summed E-state index contributed by atoms with van der Waals surface area (Å²) in [5.41, 5.74) is -0.0418. The molecule has 0 saturated heterocycles. The van der Waals surface area contributed by atoms with Gasteiger partial charge in [0.25, 0.3) is 0 Å². The molecule has 1 aliphatic carbocycles. The van der Waals surface area contributed by atoms with E-state index in [9.17, 15) is 10.2 Å². The molecule has 100 valence electrons. The van der Waals surface area contributed by atoms with Crippen molar-refractivity contribution >= 4 is 11.6 Å². The summed E-state index contributed by atoms with van der Waals surface area (Å²) in [6.07, 6.45) is 2.69. The van der Waals surface area contributed by atoms with E-state index in [1.807, 2.05) is 38.1 Å². The number of rotatable bonds is 3. The zero-order chi connectivity index (χ0) is 13.4. The second-order valence-electron chi connectivity index (χ2n) is 6.03. The summed E-state index contributed by atoms with van der Waals surface area (Å²) in [4.78, 5) is 0. The van der Waals surface area contributed by atoms with Gasteiger partial charge >= 0.3 is 0 Å². The van der Waals surface area contributed by atoms with Gasteiger partial charge < -0.3 is 10.2 Å². The van der Waals surface area contributed by atoms with Crippen LogP contribution < -0.4 is 0 Å². The largest absolute Gasteiger partial charge is 0.393 e. The van der Waals surface area contributed by atoms with Gasteiger partial charge in [-0.2, -0.15) is 0 Å². The molecule has 0 unspecified atom stereocenters. The van der Waals surface area contributed by atoms with Crippen molar-refractivity contribution in [3.8, 4) is 0 Å². The Bertz CT molecular complexity index is 413. The average molecular weight is 269 g/mol. The molecule has 2 nitrogen and oxygen atoms in total. The predicted molar refractivity (Wildman–Crippen MR) is 73.7 cm³/mol. The van der Waals surface area contributed by atoms with E-state index in [1.165, 1.54) is 0 Å². The zero-order valence-corrected chi connectivity index (χ0v) is 11.7. The molecule has 0 spiro atoms. The van der Waals surface area contributed by atoms with E-state index in [-0.39, 0.29) is 17.9 Å². The third-order valence-corrected chi connectivity index (χ3v) is 4.85. The minimum Gasteiger partial charge on any atom is -0.393 e. The van der Waals surface area contributed by atoms with Crippen molar-refractivity contribution in [2.45, 2.75) is 38.7 Å². The number of aliphatic hydroxyl groups excluding tert-OH is 1. The Hall–Kier alpha value is -0.570. The minimum atomic E-state index is -0.980. The second-order valence-corrected chi connectivity index (χ2v) is 6.47. The van der Waals surface area contributed by atoms with Gasteiger partial charge in [-0.1, -0.05) is 37.6 Å². The molecule has 0 bridgehead atoms. The van der Waals surface area contributed by atoms with Gasteiger partial charge in [0.15, 0.2) is 0 Å². The fourth-order valence-electron chi connectivity index (χ4n) is 3.06. The Labute approximate surface area is 114 Å². The van der Waals surface area contributed by atoms with Crippen molar-refractivity contribution in [2.24, 2.45) is 11.3 Å². The predicted octanol–water partition coefficient (Wildman–Crippen LogP) is 3.04. The maximum Gasteiger partial charge on any atom is 0.0958 e. The Morgan fingerprint density at radius 1 is 1.28 bits per heavy atom. The SMILES string of the molecule is CC1(C)CC[C@@H](Cc2ccc(Cl)cc2)[C@]1(O)CO. The van der Waals surface area contributed by atoms with E-state index in [2.05, 4.69) is 0 Å². The summed E-state index contributed by atoms with van der Waals surface area (Å²) < 4.78 is 0. The van der Waals surface area contributed by atoms with Gasteiger partial charge in [-0.3, -0.25) is 0 Å². The van der Waals surface area contributed by atoms with Gasteiger partial charge in [0.1, 0.15) is 0 Å². The van der Waals surface area contributed by atoms with Crippen molar-refractivity contribution in [3.05, 3.63) is 34.9 Å². The van der Waals surface area contributed by atoms with Crippen LogP contribution >= 0.6 is 11.6 Å². The van der Waals surface area contributed by atoms with Gasteiger partial charge in [-0.05, 0) is 48.3 Å². The molecule has 0 radical (unpaired) electrons. The van der Waals surface area contributed by atoms with E-state index in [0.29, 0.717) is 0 Å². The highest BCUT2D eigenvalue weighted by molar-refractivity contribution is 6.30. The van der Waals surface area contributed by atoms with Crippen molar-refractivity contribution in [1.82, 2.24) is 0 Å². The number of hydrogen-bond acceptors (Lipinski definition) is 2. The van der Waals surface area contributed by atoms with E-state index >= 15 is 0 Å². The first-order valence-corrected chi connectivity index (χ1v) is 6.84. The quantitative estimate of drug-likeness (QED) is 0.885. The number of aliphatic hydroxyl groups is 2. The third kappa shape index (κ3) is 2.29. The van der Waals surface area contributed by atoms with Crippen LogP contribution in [0.2, 0.25) is 5.02 Å². The smallest absolute Gasteiger partial charge is 0.0958 e. The summed E-state index contributed by atoms with van der Waals surface area (Å²) in [7, 11) is 0. The van der Waals surface area contributed by atoms with E-state index in [4.69, 9.17) is 11.6 Å². The zero-order valence-electron chi connectivity index (χ0n) is 11.0. The molecule has 0 aromatic heterocycles. The lowest BCUT2D eigenvalue weighted by Crippen LogP contribution is -2.49. The van der Waals surface area contributed by atoms with Crippen LogP contribution in [0.4, 0.5) is 0 Å². The van der Waals surface area contributed by atoms with Gasteiger partial charge in [0.2, 0.25) is 0 Å².